The van der Waals surface area contributed by atoms with Gasteiger partial charge in [-0.2, -0.15) is 0 Å². The first kappa shape index (κ1) is 14.5. The Morgan fingerprint density at radius 3 is 2.56 bits per heavy atom. The molecular formula is C12H20N2O4. The lowest BCUT2D eigenvalue weighted by Crippen LogP contribution is -2.44. The van der Waals surface area contributed by atoms with Gasteiger partial charge in [0.1, 0.15) is 11.3 Å². The normalized spacial score (nSPS) is 12.3. The van der Waals surface area contributed by atoms with E-state index in [-0.39, 0.29) is 6.61 Å². The van der Waals surface area contributed by atoms with Crippen LogP contribution in [-0.2, 0) is 16.9 Å². The number of hydrogen-bond acceptors (Lipinski definition) is 5. The van der Waals surface area contributed by atoms with E-state index in [0.29, 0.717) is 11.5 Å². The standard InChI is InChI=1S/C12H20N2O4/c1-11(2,3)18-10(16)14-12(4,5)9-8(6-15)13-7-17-9/h7,15H,6H2,1-5H3,(H,14,16). The molecule has 1 aromatic rings. The van der Waals surface area contributed by atoms with E-state index in [9.17, 15) is 4.79 Å². The van der Waals surface area contributed by atoms with Crippen molar-refractivity contribution >= 4 is 6.09 Å². The predicted octanol–water partition coefficient (Wildman–Crippen LogP) is 1.93. The van der Waals surface area contributed by atoms with Crippen molar-refractivity contribution in [3.63, 3.8) is 0 Å². The Hall–Kier alpha value is -1.56. The number of nitrogens with zero attached hydrogens (tertiary/aromatic N) is 1. The molecule has 0 unspecified atom stereocenters. The number of carbonyl (C=O) groups excluding carboxylic acids is 1. The summed E-state index contributed by atoms with van der Waals surface area (Å²) in [5.41, 5.74) is -0.978. The molecule has 0 aliphatic carbocycles. The second-order valence-corrected chi connectivity index (χ2v) is 5.54. The summed E-state index contributed by atoms with van der Waals surface area (Å²) in [5, 5.41) is 11.8. The maximum atomic E-state index is 11.7. The van der Waals surface area contributed by atoms with Gasteiger partial charge in [0.05, 0.1) is 12.1 Å². The van der Waals surface area contributed by atoms with Crippen LogP contribution in [0.1, 0.15) is 46.1 Å². The second-order valence-electron chi connectivity index (χ2n) is 5.54. The van der Waals surface area contributed by atoms with Crippen molar-refractivity contribution in [2.24, 2.45) is 0 Å². The molecule has 1 rings (SSSR count). The summed E-state index contributed by atoms with van der Waals surface area (Å²) in [6.45, 7) is 8.60. The van der Waals surface area contributed by atoms with Crippen LogP contribution in [0.25, 0.3) is 0 Å². The molecule has 2 N–H and O–H groups in total. The Morgan fingerprint density at radius 1 is 1.44 bits per heavy atom. The molecule has 0 aliphatic rings. The molecule has 0 spiro atoms. The molecule has 6 nitrogen and oxygen atoms in total. The summed E-state index contributed by atoms with van der Waals surface area (Å²) in [6.07, 6.45) is 0.687. The first-order chi connectivity index (χ1) is 8.15. The Balaban J connectivity index is 2.79. The molecule has 0 bridgehead atoms. The molecule has 0 atom stereocenters. The monoisotopic (exact) mass is 256 g/mol. The van der Waals surface area contributed by atoms with E-state index in [0.717, 1.165) is 0 Å². The van der Waals surface area contributed by atoms with Crippen LogP contribution in [-0.4, -0.2) is 21.8 Å². The van der Waals surface area contributed by atoms with Gasteiger partial charge in [-0.1, -0.05) is 0 Å². The topological polar surface area (TPSA) is 84.6 Å². The Bertz CT molecular complexity index is 418. The van der Waals surface area contributed by atoms with Crippen LogP contribution in [0.4, 0.5) is 4.79 Å². The summed E-state index contributed by atoms with van der Waals surface area (Å²) in [5.74, 6) is 0.413. The minimum absolute atomic E-state index is 0.245. The number of aromatic nitrogens is 1. The van der Waals surface area contributed by atoms with Gasteiger partial charge in [0, 0.05) is 0 Å². The first-order valence-electron chi connectivity index (χ1n) is 5.70. The van der Waals surface area contributed by atoms with Crippen LogP contribution in [0.3, 0.4) is 0 Å². The smallest absolute Gasteiger partial charge is 0.408 e. The molecule has 0 aromatic carbocycles. The van der Waals surface area contributed by atoms with E-state index in [4.69, 9.17) is 14.3 Å². The van der Waals surface area contributed by atoms with Crippen LogP contribution < -0.4 is 5.32 Å². The fourth-order valence-electron chi connectivity index (χ4n) is 1.51. The van der Waals surface area contributed by atoms with E-state index >= 15 is 0 Å². The third-order valence-electron chi connectivity index (χ3n) is 2.17. The van der Waals surface area contributed by atoms with Crippen LogP contribution in [0, 0.1) is 0 Å². The van der Waals surface area contributed by atoms with Gasteiger partial charge in [0.25, 0.3) is 0 Å². The number of nitrogens with one attached hydrogen (secondary N) is 1. The maximum Gasteiger partial charge on any atom is 0.408 e. The number of hydrogen-bond donors (Lipinski definition) is 2. The molecule has 1 amide bonds. The number of aliphatic hydroxyl groups is 1. The molecule has 102 valence electrons. The van der Waals surface area contributed by atoms with Gasteiger partial charge >= 0.3 is 6.09 Å². The third kappa shape index (κ3) is 3.73. The molecule has 0 radical (unpaired) electrons. The van der Waals surface area contributed by atoms with Gasteiger partial charge in [-0.05, 0) is 34.6 Å². The lowest BCUT2D eigenvalue weighted by Gasteiger charge is -2.27. The molecule has 1 heterocycles. The molecule has 0 fully saturated rings. The Kier molecular flexibility index (Phi) is 4.01. The number of ether oxygens (including phenoxy) is 1. The average Bonchev–Trinajstić information content (AvgIpc) is 2.61. The van der Waals surface area contributed by atoms with Crippen molar-refractivity contribution in [1.29, 1.82) is 0 Å². The molecule has 6 heteroatoms. The Morgan fingerprint density at radius 2 is 2.06 bits per heavy atom. The van der Waals surface area contributed by atoms with Crippen LogP contribution in [0.15, 0.2) is 10.8 Å². The maximum absolute atomic E-state index is 11.7. The zero-order valence-electron chi connectivity index (χ0n) is 11.4. The van der Waals surface area contributed by atoms with Gasteiger partial charge in [-0.25, -0.2) is 9.78 Å². The van der Waals surface area contributed by atoms with Crippen molar-refractivity contribution in [1.82, 2.24) is 10.3 Å². The number of aliphatic hydroxyl groups excluding tert-OH is 1. The largest absolute Gasteiger partial charge is 0.446 e. The first-order valence-corrected chi connectivity index (χ1v) is 5.70. The van der Waals surface area contributed by atoms with E-state index in [2.05, 4.69) is 10.3 Å². The molecule has 0 aliphatic heterocycles. The molecular weight excluding hydrogens is 236 g/mol. The van der Waals surface area contributed by atoms with E-state index in [1.807, 2.05) is 0 Å². The highest BCUT2D eigenvalue weighted by Crippen LogP contribution is 2.24. The van der Waals surface area contributed by atoms with Crippen LogP contribution in [0.2, 0.25) is 0 Å². The zero-order valence-corrected chi connectivity index (χ0v) is 11.4. The zero-order chi connectivity index (χ0) is 14.0. The van der Waals surface area contributed by atoms with Crippen molar-refractivity contribution in [3.8, 4) is 0 Å². The van der Waals surface area contributed by atoms with Crippen LogP contribution >= 0.6 is 0 Å². The summed E-state index contributed by atoms with van der Waals surface area (Å²) in [4.78, 5) is 15.6. The summed E-state index contributed by atoms with van der Waals surface area (Å²) in [7, 11) is 0. The minimum Gasteiger partial charge on any atom is -0.446 e. The van der Waals surface area contributed by atoms with E-state index in [1.165, 1.54) is 6.39 Å². The minimum atomic E-state index is -0.809. The van der Waals surface area contributed by atoms with Gasteiger partial charge in [-0.3, -0.25) is 0 Å². The van der Waals surface area contributed by atoms with Crippen molar-refractivity contribution in [2.75, 3.05) is 0 Å². The number of amides is 1. The highest BCUT2D eigenvalue weighted by molar-refractivity contribution is 5.68. The summed E-state index contributed by atoms with van der Waals surface area (Å²) >= 11 is 0. The second kappa shape index (κ2) is 4.97. The number of oxazole rings is 1. The average molecular weight is 256 g/mol. The molecule has 0 saturated carbocycles. The van der Waals surface area contributed by atoms with Gasteiger partial charge in [0.15, 0.2) is 12.2 Å². The fourth-order valence-corrected chi connectivity index (χ4v) is 1.51. The lowest BCUT2D eigenvalue weighted by molar-refractivity contribution is 0.0457. The number of alkyl carbamates (subject to hydrolysis) is 1. The van der Waals surface area contributed by atoms with Crippen LogP contribution in [0.5, 0.6) is 0 Å². The number of rotatable bonds is 3. The highest BCUT2D eigenvalue weighted by atomic mass is 16.6. The molecule has 18 heavy (non-hydrogen) atoms. The molecule has 0 saturated heterocycles. The Labute approximate surface area is 106 Å². The van der Waals surface area contributed by atoms with E-state index in [1.54, 1.807) is 34.6 Å². The molecule has 1 aromatic heterocycles. The third-order valence-corrected chi connectivity index (χ3v) is 2.17. The lowest BCUT2D eigenvalue weighted by atomic mass is 10.0. The predicted molar refractivity (Wildman–Crippen MR) is 64.8 cm³/mol. The number of carbonyl (C=O) groups is 1. The van der Waals surface area contributed by atoms with Gasteiger partial charge in [-0.15, -0.1) is 0 Å². The fraction of sp³-hybridized carbons (Fsp3) is 0.667. The van der Waals surface area contributed by atoms with Crippen molar-refractivity contribution in [2.45, 2.75) is 52.4 Å². The SMILES string of the molecule is CC(C)(C)OC(=O)NC(C)(C)c1ocnc1CO. The highest BCUT2D eigenvalue weighted by Gasteiger charge is 2.31. The van der Waals surface area contributed by atoms with Gasteiger partial charge < -0.3 is 19.6 Å². The van der Waals surface area contributed by atoms with Gasteiger partial charge in [0.2, 0.25) is 0 Å². The quantitative estimate of drug-likeness (QED) is 0.863. The van der Waals surface area contributed by atoms with Crippen molar-refractivity contribution < 1.29 is 19.1 Å². The van der Waals surface area contributed by atoms with Crippen molar-refractivity contribution in [3.05, 3.63) is 17.8 Å². The summed E-state index contributed by atoms with van der Waals surface area (Å²) < 4.78 is 10.4. The van der Waals surface area contributed by atoms with E-state index < -0.39 is 17.2 Å². The summed E-state index contributed by atoms with van der Waals surface area (Å²) in [6, 6.07) is 0.